The number of amides is 2. The highest BCUT2D eigenvalue weighted by molar-refractivity contribution is 6.19. The topological polar surface area (TPSA) is 126 Å². The van der Waals surface area contributed by atoms with Crippen molar-refractivity contribution >= 4 is 23.6 Å². The molecule has 0 spiro atoms. The van der Waals surface area contributed by atoms with Gasteiger partial charge in [-0.15, -0.1) is 0 Å². The van der Waals surface area contributed by atoms with Crippen LogP contribution in [-0.2, 0) is 9.59 Å². The van der Waals surface area contributed by atoms with Gasteiger partial charge in [-0.05, 0) is 42.8 Å². The third kappa shape index (κ3) is 3.01. The molecule has 8 nitrogen and oxygen atoms in total. The summed E-state index contributed by atoms with van der Waals surface area (Å²) in [6.07, 6.45) is 1.43. The maximum atomic E-state index is 12.0. The van der Waals surface area contributed by atoms with Crippen LogP contribution in [0.5, 0.6) is 0 Å². The van der Waals surface area contributed by atoms with Gasteiger partial charge in [-0.2, -0.15) is 5.26 Å². The number of carbonyl (C=O) groups is 2. The van der Waals surface area contributed by atoms with Crippen molar-refractivity contribution in [1.29, 1.82) is 5.26 Å². The fourth-order valence-corrected chi connectivity index (χ4v) is 2.49. The number of non-ortho nitro benzene ring substituents is 1. The van der Waals surface area contributed by atoms with Crippen LogP contribution in [0.3, 0.4) is 0 Å². The van der Waals surface area contributed by atoms with E-state index in [1.54, 1.807) is 30.3 Å². The van der Waals surface area contributed by atoms with Crippen molar-refractivity contribution < 1.29 is 18.9 Å². The summed E-state index contributed by atoms with van der Waals surface area (Å²) in [6, 6.07) is 10.9. The first-order valence-corrected chi connectivity index (χ1v) is 7.44. The van der Waals surface area contributed by atoms with Crippen LogP contribution in [0.25, 0.3) is 17.4 Å². The molecular weight excluding hydrogens is 338 g/mol. The van der Waals surface area contributed by atoms with Gasteiger partial charge >= 0.3 is 0 Å². The second-order valence-corrected chi connectivity index (χ2v) is 5.46. The number of nitro groups is 1. The lowest BCUT2D eigenvalue weighted by Crippen LogP contribution is -2.37. The summed E-state index contributed by atoms with van der Waals surface area (Å²) < 4.78 is 5.65. The molecule has 0 saturated carbocycles. The second kappa shape index (κ2) is 6.49. The first kappa shape index (κ1) is 16.9. The normalized spacial score (nSPS) is 15.8. The highest BCUT2D eigenvalue weighted by Gasteiger charge is 2.27. The van der Waals surface area contributed by atoms with Gasteiger partial charge in [0.15, 0.2) is 0 Å². The first-order chi connectivity index (χ1) is 12.4. The van der Waals surface area contributed by atoms with Crippen molar-refractivity contribution in [1.82, 2.24) is 5.32 Å². The van der Waals surface area contributed by atoms with E-state index in [0.717, 1.165) is 0 Å². The fourth-order valence-electron chi connectivity index (χ4n) is 2.49. The summed E-state index contributed by atoms with van der Waals surface area (Å²) in [4.78, 5) is 33.8. The molecule has 0 atom stereocenters. The Morgan fingerprint density at radius 3 is 2.46 bits per heavy atom. The van der Waals surface area contributed by atoms with E-state index in [1.165, 1.54) is 25.1 Å². The summed E-state index contributed by atoms with van der Waals surface area (Å²) in [6.45, 7) is 1.52. The largest absolute Gasteiger partial charge is 0.457 e. The monoisotopic (exact) mass is 349 g/mol. The summed E-state index contributed by atoms with van der Waals surface area (Å²) in [5, 5.41) is 21.8. The molecule has 1 N–H and O–H groups in total. The Balaban J connectivity index is 1.95. The van der Waals surface area contributed by atoms with Crippen LogP contribution in [-0.4, -0.2) is 16.7 Å². The van der Waals surface area contributed by atoms with E-state index in [0.29, 0.717) is 17.1 Å². The van der Waals surface area contributed by atoms with Crippen molar-refractivity contribution in [2.24, 2.45) is 0 Å². The van der Waals surface area contributed by atoms with Crippen molar-refractivity contribution in [3.63, 3.8) is 0 Å². The average molecular weight is 349 g/mol. The standard InChI is InChI=1S/C18H11N3O5/c1-10-14(17(22)20-18(23)15(10)9-19)8-13-6-7-16(26-13)11-2-4-12(5-3-11)21(24)25/h2-8H,1H3,(H,20,22,23)/b14-8-. The summed E-state index contributed by atoms with van der Waals surface area (Å²) in [5.74, 6) is -0.534. The maximum absolute atomic E-state index is 12.0. The van der Waals surface area contributed by atoms with Gasteiger partial charge in [0.2, 0.25) is 0 Å². The zero-order chi connectivity index (χ0) is 18.8. The number of benzene rings is 1. The predicted molar refractivity (Wildman–Crippen MR) is 90.2 cm³/mol. The van der Waals surface area contributed by atoms with Gasteiger partial charge < -0.3 is 4.42 Å². The number of nitro benzene ring substituents is 1. The number of carbonyl (C=O) groups excluding carboxylic acids is 2. The lowest BCUT2D eigenvalue weighted by molar-refractivity contribution is -0.384. The first-order valence-electron chi connectivity index (χ1n) is 7.44. The Morgan fingerprint density at radius 1 is 1.15 bits per heavy atom. The molecule has 128 valence electrons. The number of rotatable bonds is 3. The molecule has 2 heterocycles. The zero-order valence-electron chi connectivity index (χ0n) is 13.5. The number of nitrogens with zero attached hydrogens (tertiary/aromatic N) is 2. The molecule has 1 aliphatic rings. The van der Waals surface area contributed by atoms with Crippen LogP contribution < -0.4 is 5.32 Å². The number of hydrogen-bond donors (Lipinski definition) is 1. The van der Waals surface area contributed by atoms with Crippen LogP contribution in [0, 0.1) is 21.4 Å². The van der Waals surface area contributed by atoms with E-state index < -0.39 is 16.7 Å². The van der Waals surface area contributed by atoms with Gasteiger partial charge in [0.1, 0.15) is 23.2 Å². The van der Waals surface area contributed by atoms with Gasteiger partial charge in [0.25, 0.3) is 17.5 Å². The van der Waals surface area contributed by atoms with Gasteiger partial charge in [0, 0.05) is 23.3 Å². The van der Waals surface area contributed by atoms with E-state index in [4.69, 9.17) is 9.68 Å². The van der Waals surface area contributed by atoms with Crippen LogP contribution in [0.1, 0.15) is 12.7 Å². The lowest BCUT2D eigenvalue weighted by atomic mass is 9.96. The Labute approximate surface area is 147 Å². The number of imide groups is 1. The molecule has 2 amide bonds. The highest BCUT2D eigenvalue weighted by Crippen LogP contribution is 2.27. The molecule has 3 rings (SSSR count). The number of furan rings is 1. The fraction of sp³-hybridized carbons (Fsp3) is 0.0556. The third-order valence-electron chi connectivity index (χ3n) is 3.87. The van der Waals surface area contributed by atoms with E-state index in [-0.39, 0.29) is 22.4 Å². The van der Waals surface area contributed by atoms with Crippen LogP contribution in [0.4, 0.5) is 5.69 Å². The van der Waals surface area contributed by atoms with Crippen molar-refractivity contribution in [3.05, 3.63) is 69.0 Å². The SMILES string of the molecule is CC1=C(C#N)C(=O)NC(=O)/C1=C\c1ccc(-c2ccc([N+](=O)[O-])cc2)o1. The average Bonchev–Trinajstić information content (AvgIpc) is 3.07. The number of nitriles is 1. The van der Waals surface area contributed by atoms with Crippen molar-refractivity contribution in [3.8, 4) is 17.4 Å². The van der Waals surface area contributed by atoms with Gasteiger partial charge in [-0.1, -0.05) is 0 Å². The van der Waals surface area contributed by atoms with Crippen LogP contribution in [0.2, 0.25) is 0 Å². The molecule has 0 bridgehead atoms. The highest BCUT2D eigenvalue weighted by atomic mass is 16.6. The van der Waals surface area contributed by atoms with Gasteiger partial charge in [0.05, 0.1) is 4.92 Å². The Bertz CT molecular complexity index is 1040. The zero-order valence-corrected chi connectivity index (χ0v) is 13.5. The third-order valence-corrected chi connectivity index (χ3v) is 3.87. The molecule has 1 aliphatic heterocycles. The number of hydrogen-bond acceptors (Lipinski definition) is 6. The Morgan fingerprint density at radius 2 is 1.85 bits per heavy atom. The van der Waals surface area contributed by atoms with Crippen LogP contribution in [0.15, 0.2) is 57.5 Å². The van der Waals surface area contributed by atoms with E-state index in [2.05, 4.69) is 5.32 Å². The molecule has 0 unspecified atom stereocenters. The number of nitrogens with one attached hydrogen (secondary N) is 1. The molecule has 0 fully saturated rings. The second-order valence-electron chi connectivity index (χ2n) is 5.46. The van der Waals surface area contributed by atoms with Crippen molar-refractivity contribution in [2.45, 2.75) is 6.92 Å². The molecule has 0 aliphatic carbocycles. The van der Waals surface area contributed by atoms with Crippen LogP contribution >= 0.6 is 0 Å². The minimum atomic E-state index is -0.724. The molecule has 0 saturated heterocycles. The Hall–Kier alpha value is -3.99. The summed E-state index contributed by atoms with van der Waals surface area (Å²) >= 11 is 0. The molecule has 2 aromatic rings. The minimum Gasteiger partial charge on any atom is -0.457 e. The van der Waals surface area contributed by atoms with E-state index >= 15 is 0 Å². The van der Waals surface area contributed by atoms with Gasteiger partial charge in [-0.3, -0.25) is 25.0 Å². The Kier molecular flexibility index (Phi) is 4.21. The quantitative estimate of drug-likeness (QED) is 0.393. The smallest absolute Gasteiger partial charge is 0.269 e. The molecular formula is C18H11N3O5. The summed E-state index contributed by atoms with van der Waals surface area (Å²) in [5.41, 5.74) is 0.905. The lowest BCUT2D eigenvalue weighted by Gasteiger charge is -2.15. The molecule has 0 radical (unpaired) electrons. The minimum absolute atomic E-state index is 0.0315. The van der Waals surface area contributed by atoms with Crippen molar-refractivity contribution in [2.75, 3.05) is 0 Å². The molecule has 1 aromatic carbocycles. The van der Waals surface area contributed by atoms with E-state index in [9.17, 15) is 19.7 Å². The molecule has 8 heteroatoms. The molecule has 26 heavy (non-hydrogen) atoms. The summed E-state index contributed by atoms with van der Waals surface area (Å²) in [7, 11) is 0. The predicted octanol–water partition coefficient (Wildman–Crippen LogP) is 2.73. The molecule has 1 aromatic heterocycles. The van der Waals surface area contributed by atoms with Gasteiger partial charge in [-0.25, -0.2) is 0 Å². The maximum Gasteiger partial charge on any atom is 0.269 e. The van der Waals surface area contributed by atoms with E-state index in [1.807, 2.05) is 0 Å².